The molecule has 0 bridgehead atoms. The first kappa shape index (κ1) is 17.0. The summed E-state index contributed by atoms with van der Waals surface area (Å²) >= 11 is 0. The number of rotatable bonds is 5. The van der Waals surface area contributed by atoms with Crippen molar-refractivity contribution in [3.63, 3.8) is 0 Å². The summed E-state index contributed by atoms with van der Waals surface area (Å²) in [6.07, 6.45) is 3.79. The van der Waals surface area contributed by atoms with Crippen molar-refractivity contribution in [1.82, 2.24) is 15.1 Å². The van der Waals surface area contributed by atoms with Crippen LogP contribution < -0.4 is 5.32 Å². The Kier molecular flexibility index (Phi) is 5.51. The van der Waals surface area contributed by atoms with Gasteiger partial charge in [0.05, 0.1) is 0 Å². The van der Waals surface area contributed by atoms with Crippen LogP contribution in [0.15, 0.2) is 24.3 Å². The van der Waals surface area contributed by atoms with Gasteiger partial charge in [0.25, 0.3) is 5.91 Å². The number of amides is 2. The predicted octanol–water partition coefficient (Wildman–Crippen LogP) is 1.85. The van der Waals surface area contributed by atoms with Crippen LogP contribution in [0.3, 0.4) is 0 Å². The summed E-state index contributed by atoms with van der Waals surface area (Å²) in [4.78, 5) is 28.4. The van der Waals surface area contributed by atoms with Gasteiger partial charge in [-0.3, -0.25) is 9.59 Å². The molecule has 1 aromatic carbocycles. The Hall–Kier alpha value is -1.88. The summed E-state index contributed by atoms with van der Waals surface area (Å²) in [6.45, 7) is 4.00. The molecule has 130 valence electrons. The predicted molar refractivity (Wildman–Crippen MR) is 94.1 cm³/mol. The monoisotopic (exact) mass is 329 g/mol. The van der Waals surface area contributed by atoms with Crippen LogP contribution in [0.1, 0.15) is 47.5 Å². The lowest BCUT2D eigenvalue weighted by Gasteiger charge is -2.29. The topological polar surface area (TPSA) is 52.7 Å². The van der Waals surface area contributed by atoms with Gasteiger partial charge in [0, 0.05) is 45.2 Å². The van der Waals surface area contributed by atoms with E-state index in [0.29, 0.717) is 25.4 Å². The molecule has 0 saturated carbocycles. The second-order valence-corrected chi connectivity index (χ2v) is 6.84. The van der Waals surface area contributed by atoms with Crippen LogP contribution in [0.25, 0.3) is 0 Å². The number of likely N-dealkylation sites (tertiary alicyclic amines) is 1. The molecule has 0 spiro atoms. The molecule has 1 N–H and O–H groups in total. The quantitative estimate of drug-likeness (QED) is 0.897. The van der Waals surface area contributed by atoms with E-state index in [0.717, 1.165) is 50.0 Å². The number of carbonyl (C=O) groups excluding carboxylic acids is 2. The molecule has 2 heterocycles. The first-order valence-corrected chi connectivity index (χ1v) is 8.99. The van der Waals surface area contributed by atoms with Gasteiger partial charge < -0.3 is 15.1 Å². The van der Waals surface area contributed by atoms with E-state index in [1.165, 1.54) is 0 Å². The molecule has 0 aromatic heterocycles. The van der Waals surface area contributed by atoms with Crippen molar-refractivity contribution in [3.8, 4) is 0 Å². The first-order chi connectivity index (χ1) is 11.7. The standard InChI is InChI=1S/C19H27N3O2/c1-21(12-13-22-11-5-4-8-18(22)23)19(24)17-7-3-2-6-16(17)15-9-10-20-14-15/h2-3,6-7,15,20H,4-5,8-14H2,1H3/t15-/m1/s1. The Labute approximate surface area is 144 Å². The van der Waals surface area contributed by atoms with E-state index >= 15 is 0 Å². The highest BCUT2D eigenvalue weighted by Crippen LogP contribution is 2.26. The average Bonchev–Trinajstić information content (AvgIpc) is 3.14. The molecule has 24 heavy (non-hydrogen) atoms. The van der Waals surface area contributed by atoms with Gasteiger partial charge in [0.2, 0.25) is 5.91 Å². The first-order valence-electron chi connectivity index (χ1n) is 8.99. The molecule has 0 unspecified atom stereocenters. The molecular weight excluding hydrogens is 302 g/mol. The molecule has 0 radical (unpaired) electrons. The number of likely N-dealkylation sites (N-methyl/N-ethyl adjacent to an activating group) is 1. The lowest BCUT2D eigenvalue weighted by atomic mass is 9.93. The molecule has 2 aliphatic rings. The number of nitrogens with one attached hydrogen (secondary N) is 1. The van der Waals surface area contributed by atoms with Crippen LogP contribution in [0.4, 0.5) is 0 Å². The highest BCUT2D eigenvalue weighted by atomic mass is 16.2. The van der Waals surface area contributed by atoms with E-state index in [4.69, 9.17) is 0 Å². The Morgan fingerprint density at radius 2 is 2.17 bits per heavy atom. The summed E-state index contributed by atoms with van der Waals surface area (Å²) in [6, 6.07) is 7.95. The maximum atomic E-state index is 12.9. The molecular formula is C19H27N3O2. The molecule has 3 rings (SSSR count). The van der Waals surface area contributed by atoms with E-state index in [9.17, 15) is 9.59 Å². The van der Waals surface area contributed by atoms with Crippen LogP contribution in [0.5, 0.6) is 0 Å². The van der Waals surface area contributed by atoms with Crippen LogP contribution in [0, 0.1) is 0 Å². The minimum Gasteiger partial charge on any atom is -0.341 e. The van der Waals surface area contributed by atoms with Crippen molar-refractivity contribution in [3.05, 3.63) is 35.4 Å². The van der Waals surface area contributed by atoms with Crippen molar-refractivity contribution in [2.75, 3.05) is 39.8 Å². The molecule has 5 nitrogen and oxygen atoms in total. The fourth-order valence-electron chi connectivity index (χ4n) is 3.64. The van der Waals surface area contributed by atoms with Gasteiger partial charge in [-0.05, 0) is 43.4 Å². The minimum atomic E-state index is 0.0574. The highest BCUT2D eigenvalue weighted by Gasteiger charge is 2.24. The Balaban J connectivity index is 1.64. The van der Waals surface area contributed by atoms with Crippen molar-refractivity contribution in [1.29, 1.82) is 0 Å². The maximum absolute atomic E-state index is 12.9. The van der Waals surface area contributed by atoms with Crippen molar-refractivity contribution >= 4 is 11.8 Å². The van der Waals surface area contributed by atoms with Crippen LogP contribution in [-0.4, -0.2) is 61.4 Å². The van der Waals surface area contributed by atoms with E-state index in [-0.39, 0.29) is 11.8 Å². The third-order valence-corrected chi connectivity index (χ3v) is 5.16. The number of hydrogen-bond donors (Lipinski definition) is 1. The number of carbonyl (C=O) groups is 2. The van der Waals surface area contributed by atoms with Gasteiger partial charge in [-0.25, -0.2) is 0 Å². The molecule has 0 aliphatic carbocycles. The SMILES string of the molecule is CN(CCN1CCCCC1=O)C(=O)c1ccccc1[C@@H]1CCNC1. The second kappa shape index (κ2) is 7.79. The fraction of sp³-hybridized carbons (Fsp3) is 0.579. The molecule has 2 saturated heterocycles. The van der Waals surface area contributed by atoms with Gasteiger partial charge in [-0.2, -0.15) is 0 Å². The van der Waals surface area contributed by atoms with E-state index in [1.807, 2.05) is 30.1 Å². The van der Waals surface area contributed by atoms with Crippen LogP contribution in [0.2, 0.25) is 0 Å². The number of nitrogens with zero attached hydrogens (tertiary/aromatic N) is 2. The molecule has 2 fully saturated rings. The Morgan fingerprint density at radius 1 is 1.33 bits per heavy atom. The smallest absolute Gasteiger partial charge is 0.253 e. The summed E-state index contributed by atoms with van der Waals surface area (Å²) in [7, 11) is 1.83. The fourth-order valence-corrected chi connectivity index (χ4v) is 3.64. The number of hydrogen-bond acceptors (Lipinski definition) is 3. The summed E-state index contributed by atoms with van der Waals surface area (Å²) in [5.74, 6) is 0.698. The zero-order chi connectivity index (χ0) is 16.9. The van der Waals surface area contributed by atoms with E-state index < -0.39 is 0 Å². The minimum absolute atomic E-state index is 0.0574. The average molecular weight is 329 g/mol. The molecule has 1 aromatic rings. The lowest BCUT2D eigenvalue weighted by molar-refractivity contribution is -0.133. The third-order valence-electron chi connectivity index (χ3n) is 5.16. The summed E-state index contributed by atoms with van der Waals surface area (Å²) < 4.78 is 0. The molecule has 1 atom stereocenters. The maximum Gasteiger partial charge on any atom is 0.253 e. The van der Waals surface area contributed by atoms with Gasteiger partial charge >= 0.3 is 0 Å². The van der Waals surface area contributed by atoms with Gasteiger partial charge in [-0.15, -0.1) is 0 Å². The number of piperidine rings is 1. The van der Waals surface area contributed by atoms with E-state index in [2.05, 4.69) is 11.4 Å². The lowest BCUT2D eigenvalue weighted by Crippen LogP contribution is -2.41. The Bertz CT molecular complexity index is 596. The van der Waals surface area contributed by atoms with Crippen LogP contribution in [-0.2, 0) is 4.79 Å². The van der Waals surface area contributed by atoms with Gasteiger partial charge in [-0.1, -0.05) is 18.2 Å². The normalized spacial score (nSPS) is 21.1. The molecule has 2 aliphatic heterocycles. The van der Waals surface area contributed by atoms with Crippen molar-refractivity contribution in [2.45, 2.75) is 31.6 Å². The van der Waals surface area contributed by atoms with Crippen LogP contribution >= 0.6 is 0 Å². The number of benzene rings is 1. The van der Waals surface area contributed by atoms with Crippen molar-refractivity contribution < 1.29 is 9.59 Å². The zero-order valence-corrected chi connectivity index (χ0v) is 14.5. The molecule has 5 heteroatoms. The van der Waals surface area contributed by atoms with E-state index in [1.54, 1.807) is 4.90 Å². The zero-order valence-electron chi connectivity index (χ0n) is 14.5. The third kappa shape index (κ3) is 3.78. The second-order valence-electron chi connectivity index (χ2n) is 6.84. The Morgan fingerprint density at radius 3 is 2.92 bits per heavy atom. The van der Waals surface area contributed by atoms with Crippen molar-refractivity contribution in [2.24, 2.45) is 0 Å². The van der Waals surface area contributed by atoms with Gasteiger partial charge in [0.15, 0.2) is 0 Å². The highest BCUT2D eigenvalue weighted by molar-refractivity contribution is 5.95. The molecule has 2 amide bonds. The van der Waals surface area contributed by atoms with Gasteiger partial charge in [0.1, 0.15) is 0 Å². The largest absolute Gasteiger partial charge is 0.341 e. The summed E-state index contributed by atoms with van der Waals surface area (Å²) in [5.41, 5.74) is 1.95. The summed E-state index contributed by atoms with van der Waals surface area (Å²) in [5, 5.41) is 3.37.